The molecule has 0 saturated carbocycles. The summed E-state index contributed by atoms with van der Waals surface area (Å²) >= 11 is 6.56. The molecular weight excluding hydrogens is 294 g/mol. The average molecular weight is 309 g/mol. The Labute approximate surface area is 126 Å². The number of rotatable bonds is 4. The maximum Gasteiger partial charge on any atom is 0.338 e. The lowest BCUT2D eigenvalue weighted by Gasteiger charge is -2.04. The van der Waals surface area contributed by atoms with Crippen LogP contribution in [0.3, 0.4) is 0 Å². The van der Waals surface area contributed by atoms with Gasteiger partial charge in [-0.05, 0) is 44.3 Å². The highest BCUT2D eigenvalue weighted by molar-refractivity contribution is 7.80. The lowest BCUT2D eigenvalue weighted by molar-refractivity contribution is 0.0526. The number of hydrogen-bond donors (Lipinski definition) is 2. The quantitative estimate of drug-likeness (QED) is 0.669. The molecule has 0 radical (unpaired) electrons. The van der Waals surface area contributed by atoms with Gasteiger partial charge in [-0.1, -0.05) is 11.3 Å². The summed E-state index contributed by atoms with van der Waals surface area (Å²) in [6.45, 7) is 4.87. The van der Waals surface area contributed by atoms with E-state index in [1.54, 1.807) is 25.1 Å². The number of fused-ring (bicyclic) bond motifs is 1. The van der Waals surface area contributed by atoms with Crippen LogP contribution < -0.4 is 10.6 Å². The predicted molar refractivity (Wildman–Crippen MR) is 85.5 cm³/mol. The Balaban J connectivity index is 2.21. The van der Waals surface area contributed by atoms with Crippen LogP contribution in [-0.2, 0) is 4.74 Å². The van der Waals surface area contributed by atoms with E-state index in [1.165, 1.54) is 11.3 Å². The Morgan fingerprint density at radius 1 is 1.45 bits per heavy atom. The number of nitrogens with zero attached hydrogens (tertiary/aromatic N) is 1. The zero-order valence-corrected chi connectivity index (χ0v) is 12.9. The van der Waals surface area contributed by atoms with Crippen molar-refractivity contribution >= 4 is 50.0 Å². The summed E-state index contributed by atoms with van der Waals surface area (Å²) in [7, 11) is 0. The van der Waals surface area contributed by atoms with E-state index >= 15 is 0 Å². The first-order chi connectivity index (χ1) is 9.63. The normalized spacial score (nSPS) is 10.3. The molecule has 2 aromatic rings. The number of aromatic nitrogens is 1. The Hall–Kier alpha value is -1.73. The molecule has 7 heteroatoms. The highest BCUT2D eigenvalue weighted by atomic mass is 32.1. The molecule has 0 aliphatic heterocycles. The van der Waals surface area contributed by atoms with Gasteiger partial charge in [0, 0.05) is 6.54 Å². The van der Waals surface area contributed by atoms with Crippen molar-refractivity contribution in [3.63, 3.8) is 0 Å². The maximum atomic E-state index is 11.7. The van der Waals surface area contributed by atoms with Gasteiger partial charge >= 0.3 is 5.97 Å². The van der Waals surface area contributed by atoms with Gasteiger partial charge in [0.1, 0.15) is 0 Å². The third-order valence-corrected chi connectivity index (χ3v) is 3.64. The van der Waals surface area contributed by atoms with Crippen molar-refractivity contribution in [2.75, 3.05) is 18.5 Å². The number of benzene rings is 1. The smallest absolute Gasteiger partial charge is 0.338 e. The van der Waals surface area contributed by atoms with Crippen LogP contribution in [0.1, 0.15) is 24.2 Å². The summed E-state index contributed by atoms with van der Waals surface area (Å²) in [5.74, 6) is -0.319. The summed E-state index contributed by atoms with van der Waals surface area (Å²) in [6, 6.07) is 5.30. The van der Waals surface area contributed by atoms with Crippen LogP contribution in [-0.4, -0.2) is 29.2 Å². The first-order valence-electron chi connectivity index (χ1n) is 6.26. The fourth-order valence-electron chi connectivity index (χ4n) is 1.62. The van der Waals surface area contributed by atoms with Gasteiger partial charge in [-0.2, -0.15) is 0 Å². The molecule has 0 unspecified atom stereocenters. The molecule has 0 amide bonds. The molecule has 0 atom stereocenters. The van der Waals surface area contributed by atoms with Gasteiger partial charge in [0.15, 0.2) is 10.2 Å². The lowest BCUT2D eigenvalue weighted by Crippen LogP contribution is -2.27. The van der Waals surface area contributed by atoms with Crippen molar-refractivity contribution in [2.45, 2.75) is 13.8 Å². The molecular formula is C13H15N3O2S2. The molecule has 20 heavy (non-hydrogen) atoms. The van der Waals surface area contributed by atoms with Crippen LogP contribution in [0.2, 0.25) is 0 Å². The van der Waals surface area contributed by atoms with E-state index in [0.717, 1.165) is 16.8 Å². The monoisotopic (exact) mass is 309 g/mol. The molecule has 0 spiro atoms. The Bertz CT molecular complexity index is 640. The summed E-state index contributed by atoms with van der Waals surface area (Å²) < 4.78 is 5.89. The molecule has 1 aromatic heterocycles. The summed E-state index contributed by atoms with van der Waals surface area (Å²) in [5.41, 5.74) is 1.36. The zero-order valence-electron chi connectivity index (χ0n) is 11.2. The first kappa shape index (κ1) is 14.7. The van der Waals surface area contributed by atoms with Gasteiger partial charge in [-0.15, -0.1) is 0 Å². The molecule has 1 heterocycles. The van der Waals surface area contributed by atoms with E-state index in [4.69, 9.17) is 17.0 Å². The largest absolute Gasteiger partial charge is 0.462 e. The second kappa shape index (κ2) is 6.62. The van der Waals surface area contributed by atoms with Crippen molar-refractivity contribution in [1.29, 1.82) is 0 Å². The van der Waals surface area contributed by atoms with E-state index in [9.17, 15) is 4.79 Å². The maximum absolute atomic E-state index is 11.7. The second-order valence-electron chi connectivity index (χ2n) is 3.91. The number of anilines is 1. The van der Waals surface area contributed by atoms with Crippen molar-refractivity contribution in [3.8, 4) is 0 Å². The Morgan fingerprint density at radius 3 is 2.95 bits per heavy atom. The molecule has 106 valence electrons. The minimum Gasteiger partial charge on any atom is -0.462 e. The molecule has 5 nitrogen and oxygen atoms in total. The van der Waals surface area contributed by atoms with Gasteiger partial charge < -0.3 is 15.4 Å². The van der Waals surface area contributed by atoms with Crippen LogP contribution in [0.5, 0.6) is 0 Å². The minimum atomic E-state index is -0.319. The summed E-state index contributed by atoms with van der Waals surface area (Å²) in [5, 5.41) is 7.26. The second-order valence-corrected chi connectivity index (χ2v) is 5.35. The number of esters is 1. The molecule has 0 fully saturated rings. The van der Waals surface area contributed by atoms with Gasteiger partial charge in [-0.25, -0.2) is 9.78 Å². The molecule has 2 N–H and O–H groups in total. The number of ether oxygens (including phenoxy) is 1. The van der Waals surface area contributed by atoms with Crippen molar-refractivity contribution in [2.24, 2.45) is 0 Å². The Morgan fingerprint density at radius 2 is 2.25 bits per heavy atom. The highest BCUT2D eigenvalue weighted by Crippen LogP contribution is 2.27. The van der Waals surface area contributed by atoms with Crippen molar-refractivity contribution in [1.82, 2.24) is 10.3 Å². The number of carbonyl (C=O) groups excluding carboxylic acids is 1. The van der Waals surface area contributed by atoms with Gasteiger partial charge in [0.05, 0.1) is 22.4 Å². The van der Waals surface area contributed by atoms with E-state index in [-0.39, 0.29) is 5.97 Å². The number of carbonyl (C=O) groups is 1. The molecule has 0 saturated heterocycles. The van der Waals surface area contributed by atoms with Crippen LogP contribution in [0, 0.1) is 0 Å². The first-order valence-corrected chi connectivity index (χ1v) is 7.49. The van der Waals surface area contributed by atoms with Gasteiger partial charge in [-0.3, -0.25) is 0 Å². The number of thiazole rings is 1. The van der Waals surface area contributed by atoms with Gasteiger partial charge in [0.25, 0.3) is 0 Å². The lowest BCUT2D eigenvalue weighted by atomic mass is 10.2. The summed E-state index contributed by atoms with van der Waals surface area (Å²) in [6.07, 6.45) is 0. The van der Waals surface area contributed by atoms with Crippen LogP contribution in [0.25, 0.3) is 10.2 Å². The standard InChI is InChI=1S/C13H15N3O2S2/c1-3-14-12(19)16-13-15-9-6-5-8(7-10(9)20-13)11(17)18-4-2/h5-7H,3-4H2,1-2H3,(H2,14,15,16,19). The molecule has 0 bridgehead atoms. The van der Waals surface area contributed by atoms with E-state index in [1.807, 2.05) is 6.92 Å². The van der Waals surface area contributed by atoms with Crippen molar-refractivity contribution in [3.05, 3.63) is 23.8 Å². The highest BCUT2D eigenvalue weighted by Gasteiger charge is 2.10. The molecule has 0 aliphatic carbocycles. The van der Waals surface area contributed by atoms with E-state index in [2.05, 4.69) is 15.6 Å². The Kier molecular flexibility index (Phi) is 4.86. The topological polar surface area (TPSA) is 63.2 Å². The average Bonchev–Trinajstić information content (AvgIpc) is 2.80. The molecule has 2 rings (SSSR count). The zero-order chi connectivity index (χ0) is 14.5. The summed E-state index contributed by atoms with van der Waals surface area (Å²) in [4.78, 5) is 16.1. The fourth-order valence-corrected chi connectivity index (χ4v) is 2.84. The third-order valence-electron chi connectivity index (χ3n) is 2.46. The number of thiocarbonyl (C=S) groups is 1. The van der Waals surface area contributed by atoms with Gasteiger partial charge in [0.2, 0.25) is 0 Å². The molecule has 1 aromatic carbocycles. The molecule has 0 aliphatic rings. The van der Waals surface area contributed by atoms with E-state index in [0.29, 0.717) is 22.4 Å². The van der Waals surface area contributed by atoms with Crippen LogP contribution in [0.15, 0.2) is 18.2 Å². The van der Waals surface area contributed by atoms with Crippen LogP contribution >= 0.6 is 23.6 Å². The third kappa shape index (κ3) is 3.43. The fraction of sp³-hybridized carbons (Fsp3) is 0.308. The van der Waals surface area contributed by atoms with E-state index < -0.39 is 0 Å². The SMILES string of the molecule is CCNC(=S)Nc1nc2ccc(C(=O)OCC)cc2s1. The van der Waals surface area contributed by atoms with Crippen LogP contribution in [0.4, 0.5) is 5.13 Å². The predicted octanol–water partition coefficient (Wildman–Crippen LogP) is 2.78. The number of nitrogens with one attached hydrogen (secondary N) is 2. The van der Waals surface area contributed by atoms with Crippen molar-refractivity contribution < 1.29 is 9.53 Å². The number of hydrogen-bond acceptors (Lipinski definition) is 5. The minimum absolute atomic E-state index is 0.319.